The second kappa shape index (κ2) is 4.06. The first-order valence-electron chi connectivity index (χ1n) is 6.91. The van der Waals surface area contributed by atoms with E-state index >= 15 is 0 Å². The minimum absolute atomic E-state index is 0.176. The Kier molecular flexibility index (Phi) is 3.16. The summed E-state index contributed by atoms with van der Waals surface area (Å²) in [6.07, 6.45) is 4.02. The van der Waals surface area contributed by atoms with Gasteiger partial charge in [-0.3, -0.25) is 0 Å². The molecular weight excluding hydrogens is 228 g/mol. The summed E-state index contributed by atoms with van der Waals surface area (Å²) >= 11 is 0. The smallest absolute Gasteiger partial charge is 0.103 e. The average Bonchev–Trinajstić information content (AvgIpc) is 2.28. The minimum atomic E-state index is -1.23. The lowest BCUT2D eigenvalue weighted by atomic mass is 9.58. The zero-order valence-corrected chi connectivity index (χ0v) is 11.9. The minimum Gasteiger partial charge on any atom is -0.388 e. The van der Waals surface area contributed by atoms with Gasteiger partial charge in [-0.1, -0.05) is 19.9 Å². The fraction of sp³-hybridized carbons (Fsp3) is 0.867. The molecule has 0 unspecified atom stereocenters. The van der Waals surface area contributed by atoms with Gasteiger partial charge in [0.15, 0.2) is 0 Å². The van der Waals surface area contributed by atoms with E-state index in [1.54, 1.807) is 6.92 Å². The van der Waals surface area contributed by atoms with E-state index in [1.807, 2.05) is 13.0 Å². The highest BCUT2D eigenvalue weighted by molar-refractivity contribution is 5.23. The highest BCUT2D eigenvalue weighted by atomic mass is 16.4. The van der Waals surface area contributed by atoms with E-state index in [2.05, 4.69) is 13.8 Å². The Hall–Kier alpha value is -0.380. The van der Waals surface area contributed by atoms with Crippen LogP contribution in [0.2, 0.25) is 0 Å². The van der Waals surface area contributed by atoms with Crippen molar-refractivity contribution in [2.45, 2.75) is 70.7 Å². The van der Waals surface area contributed by atoms with Gasteiger partial charge in [-0.2, -0.15) is 0 Å². The number of aliphatic hydroxyl groups is 3. The van der Waals surface area contributed by atoms with Gasteiger partial charge in [0.2, 0.25) is 0 Å². The molecule has 4 atom stereocenters. The molecule has 0 aromatic carbocycles. The predicted octanol–water partition coefficient (Wildman–Crippen LogP) is 2.01. The van der Waals surface area contributed by atoms with Gasteiger partial charge in [-0.05, 0) is 50.5 Å². The lowest BCUT2D eigenvalue weighted by molar-refractivity contribution is -0.208. The molecule has 3 nitrogen and oxygen atoms in total. The van der Waals surface area contributed by atoms with Crippen molar-refractivity contribution in [1.29, 1.82) is 0 Å². The van der Waals surface area contributed by atoms with Crippen molar-refractivity contribution in [3.8, 4) is 0 Å². The molecule has 0 saturated heterocycles. The van der Waals surface area contributed by atoms with E-state index in [9.17, 15) is 15.3 Å². The van der Waals surface area contributed by atoms with E-state index in [-0.39, 0.29) is 11.3 Å². The maximum atomic E-state index is 11.1. The van der Waals surface area contributed by atoms with Crippen LogP contribution in [0.15, 0.2) is 11.6 Å². The summed E-state index contributed by atoms with van der Waals surface area (Å²) in [5, 5.41) is 32.2. The third-order valence-corrected chi connectivity index (χ3v) is 5.29. The molecule has 2 aliphatic carbocycles. The first-order chi connectivity index (χ1) is 8.12. The van der Waals surface area contributed by atoms with Crippen LogP contribution in [0.5, 0.6) is 0 Å². The van der Waals surface area contributed by atoms with Crippen molar-refractivity contribution in [3.63, 3.8) is 0 Å². The number of fused-ring (bicyclic) bond motifs is 1. The summed E-state index contributed by atoms with van der Waals surface area (Å²) in [5.74, 6) is -0.313. The maximum absolute atomic E-state index is 11.1. The van der Waals surface area contributed by atoms with Gasteiger partial charge in [0, 0.05) is 5.92 Å². The van der Waals surface area contributed by atoms with Crippen LogP contribution in [0.3, 0.4) is 0 Å². The SMILES string of the molecule is CC1=CC[C@]2(O)[C@H]([C@H]1O)C(C)(C)CCC[C@@]2(C)O. The van der Waals surface area contributed by atoms with Gasteiger partial charge in [0.05, 0.1) is 11.7 Å². The van der Waals surface area contributed by atoms with E-state index in [1.165, 1.54) is 0 Å². The van der Waals surface area contributed by atoms with Gasteiger partial charge in [-0.15, -0.1) is 0 Å². The molecule has 0 aromatic rings. The lowest BCUT2D eigenvalue weighted by Gasteiger charge is -2.53. The molecule has 0 aromatic heterocycles. The number of hydrogen-bond donors (Lipinski definition) is 3. The normalized spacial score (nSPS) is 48.1. The van der Waals surface area contributed by atoms with Gasteiger partial charge in [0.25, 0.3) is 0 Å². The summed E-state index contributed by atoms with van der Waals surface area (Å²) in [5.41, 5.74) is -1.63. The third-order valence-electron chi connectivity index (χ3n) is 5.29. The molecule has 104 valence electrons. The molecule has 0 aliphatic heterocycles. The molecule has 1 fully saturated rings. The Balaban J connectivity index is 2.55. The fourth-order valence-electron chi connectivity index (χ4n) is 3.98. The Morgan fingerprint density at radius 1 is 1.17 bits per heavy atom. The summed E-state index contributed by atoms with van der Waals surface area (Å²) < 4.78 is 0. The van der Waals surface area contributed by atoms with Gasteiger partial charge in [0.1, 0.15) is 5.60 Å². The summed E-state index contributed by atoms with van der Waals surface area (Å²) in [6.45, 7) is 7.79. The highest BCUT2D eigenvalue weighted by Gasteiger charge is 2.60. The molecule has 0 bridgehead atoms. The largest absolute Gasteiger partial charge is 0.388 e. The second-order valence-electron chi connectivity index (χ2n) is 7.12. The summed E-state index contributed by atoms with van der Waals surface area (Å²) in [4.78, 5) is 0. The van der Waals surface area contributed by atoms with E-state index < -0.39 is 17.3 Å². The lowest BCUT2D eigenvalue weighted by Crippen LogP contribution is -2.63. The highest BCUT2D eigenvalue weighted by Crippen LogP contribution is 2.54. The summed E-state index contributed by atoms with van der Waals surface area (Å²) in [6, 6.07) is 0. The molecule has 0 amide bonds. The van der Waals surface area contributed by atoms with Crippen molar-refractivity contribution in [2.75, 3.05) is 0 Å². The fourth-order valence-corrected chi connectivity index (χ4v) is 3.98. The Morgan fingerprint density at radius 3 is 2.39 bits per heavy atom. The zero-order valence-electron chi connectivity index (χ0n) is 11.9. The van der Waals surface area contributed by atoms with Crippen LogP contribution in [-0.4, -0.2) is 32.6 Å². The van der Waals surface area contributed by atoms with Gasteiger partial charge < -0.3 is 15.3 Å². The monoisotopic (exact) mass is 254 g/mol. The number of aliphatic hydroxyl groups excluding tert-OH is 1. The quantitative estimate of drug-likeness (QED) is 0.579. The molecular formula is C15H26O3. The van der Waals surface area contributed by atoms with Crippen LogP contribution in [-0.2, 0) is 0 Å². The molecule has 2 rings (SSSR count). The Labute approximate surface area is 110 Å². The molecule has 0 heterocycles. The zero-order chi connectivity index (χ0) is 13.8. The topological polar surface area (TPSA) is 60.7 Å². The maximum Gasteiger partial charge on any atom is 0.103 e. The number of hydrogen-bond acceptors (Lipinski definition) is 3. The van der Waals surface area contributed by atoms with Crippen LogP contribution in [0, 0.1) is 11.3 Å². The van der Waals surface area contributed by atoms with Gasteiger partial charge >= 0.3 is 0 Å². The molecule has 18 heavy (non-hydrogen) atoms. The molecule has 2 aliphatic rings. The van der Waals surface area contributed by atoms with Crippen molar-refractivity contribution in [2.24, 2.45) is 11.3 Å². The van der Waals surface area contributed by atoms with E-state index in [0.717, 1.165) is 18.4 Å². The average molecular weight is 254 g/mol. The molecule has 0 spiro atoms. The standard InChI is InChI=1S/C15H26O3/c1-10-6-9-15(18)12(11(10)16)13(2,3)7-5-8-14(15,4)17/h6,11-12,16-18H,5,7-9H2,1-4H3/t11-,12+,14+,15-/m0/s1. The van der Waals surface area contributed by atoms with E-state index in [4.69, 9.17) is 0 Å². The molecule has 3 N–H and O–H groups in total. The van der Waals surface area contributed by atoms with E-state index in [0.29, 0.717) is 12.8 Å². The molecule has 1 saturated carbocycles. The van der Waals surface area contributed by atoms with Crippen molar-refractivity contribution >= 4 is 0 Å². The van der Waals surface area contributed by atoms with Crippen LogP contribution < -0.4 is 0 Å². The second-order valence-corrected chi connectivity index (χ2v) is 7.12. The molecule has 3 heteroatoms. The predicted molar refractivity (Wildman–Crippen MR) is 71.1 cm³/mol. The van der Waals surface area contributed by atoms with Crippen molar-refractivity contribution in [1.82, 2.24) is 0 Å². The van der Waals surface area contributed by atoms with Crippen LogP contribution in [0.25, 0.3) is 0 Å². The van der Waals surface area contributed by atoms with Crippen molar-refractivity contribution < 1.29 is 15.3 Å². The van der Waals surface area contributed by atoms with Crippen LogP contribution >= 0.6 is 0 Å². The molecule has 0 radical (unpaired) electrons. The Bertz CT molecular complexity index is 370. The summed E-state index contributed by atoms with van der Waals surface area (Å²) in [7, 11) is 0. The van der Waals surface area contributed by atoms with Crippen molar-refractivity contribution in [3.05, 3.63) is 11.6 Å². The van der Waals surface area contributed by atoms with Crippen LogP contribution in [0.1, 0.15) is 53.4 Å². The first-order valence-corrected chi connectivity index (χ1v) is 6.91. The van der Waals surface area contributed by atoms with Crippen LogP contribution in [0.4, 0.5) is 0 Å². The Morgan fingerprint density at radius 2 is 1.78 bits per heavy atom. The number of rotatable bonds is 0. The van der Waals surface area contributed by atoms with Gasteiger partial charge in [-0.25, -0.2) is 0 Å². The third kappa shape index (κ3) is 1.84. The first kappa shape index (κ1) is 14.0.